The molecule has 0 saturated heterocycles. The van der Waals surface area contributed by atoms with Gasteiger partial charge in [0.05, 0.1) is 6.61 Å². The van der Waals surface area contributed by atoms with Gasteiger partial charge in [-0.15, -0.1) is 0 Å². The molecule has 1 rings (SSSR count). The van der Waals surface area contributed by atoms with Crippen LogP contribution < -0.4 is 0 Å². The van der Waals surface area contributed by atoms with Crippen LogP contribution in [0.25, 0.3) is 0 Å². The molecule has 5 N–H and O–H groups in total. The second kappa shape index (κ2) is 8.36. The minimum absolute atomic E-state index is 0.0898. The van der Waals surface area contributed by atoms with Gasteiger partial charge in [0, 0.05) is 6.42 Å². The van der Waals surface area contributed by atoms with Crippen LogP contribution in [-0.4, -0.2) is 62.3 Å². The number of hydrogen-bond donors (Lipinski definition) is 5. The Morgan fingerprint density at radius 1 is 1.14 bits per heavy atom. The fraction of sp³-hybridized carbons (Fsp3) is 0.562. The summed E-state index contributed by atoms with van der Waals surface area (Å²) in [4.78, 5) is 12.0. The number of carbonyl (C=O) groups excluding carboxylic acids is 1. The van der Waals surface area contributed by atoms with Gasteiger partial charge in [-0.05, 0) is 30.0 Å². The molecular weight excluding hydrogens is 288 g/mol. The standard InChI is InChI=1S/C16H24O6/c1-3-11-6-10(5-4-9(11)2)7-12(18)14(20)16(22)15(21)13(19)8-17/h4-6,13-17,19-22H,3,7-8H2,1-2H3/t13-,14+,15-,16-/m1/s1. The van der Waals surface area contributed by atoms with Gasteiger partial charge >= 0.3 is 0 Å². The molecule has 0 aromatic heterocycles. The van der Waals surface area contributed by atoms with Crippen LogP contribution in [0.4, 0.5) is 0 Å². The number of hydrogen-bond acceptors (Lipinski definition) is 6. The molecule has 0 aliphatic heterocycles. The molecule has 0 amide bonds. The summed E-state index contributed by atoms with van der Waals surface area (Å²) in [7, 11) is 0. The lowest BCUT2D eigenvalue weighted by Crippen LogP contribution is -2.49. The Morgan fingerprint density at radius 3 is 2.32 bits per heavy atom. The van der Waals surface area contributed by atoms with Gasteiger partial charge in [0.1, 0.15) is 24.4 Å². The highest BCUT2D eigenvalue weighted by atomic mass is 16.4. The highest BCUT2D eigenvalue weighted by Crippen LogP contribution is 2.14. The van der Waals surface area contributed by atoms with E-state index in [0.29, 0.717) is 5.56 Å². The molecule has 0 aliphatic carbocycles. The molecule has 0 aliphatic rings. The van der Waals surface area contributed by atoms with Crippen molar-refractivity contribution in [3.63, 3.8) is 0 Å². The van der Waals surface area contributed by atoms with Gasteiger partial charge in [-0.25, -0.2) is 0 Å². The fourth-order valence-electron chi connectivity index (χ4n) is 2.23. The second-order valence-corrected chi connectivity index (χ2v) is 5.43. The molecule has 0 unspecified atom stereocenters. The fourth-order valence-corrected chi connectivity index (χ4v) is 2.23. The maximum Gasteiger partial charge on any atom is 0.168 e. The van der Waals surface area contributed by atoms with Crippen LogP contribution in [0.5, 0.6) is 0 Å². The van der Waals surface area contributed by atoms with Crippen LogP contribution in [0.1, 0.15) is 23.6 Å². The summed E-state index contributed by atoms with van der Waals surface area (Å²) in [5.41, 5.74) is 2.91. The number of benzene rings is 1. The Kier molecular flexibility index (Phi) is 7.12. The normalized spacial score (nSPS) is 16.9. The van der Waals surface area contributed by atoms with Gasteiger partial charge in [0.15, 0.2) is 5.78 Å². The van der Waals surface area contributed by atoms with Gasteiger partial charge in [-0.2, -0.15) is 0 Å². The first-order valence-corrected chi connectivity index (χ1v) is 7.26. The Labute approximate surface area is 129 Å². The van der Waals surface area contributed by atoms with Gasteiger partial charge in [-0.1, -0.05) is 25.1 Å². The zero-order valence-corrected chi connectivity index (χ0v) is 12.8. The first kappa shape index (κ1) is 18.7. The minimum Gasteiger partial charge on any atom is -0.394 e. The third-order valence-corrected chi connectivity index (χ3v) is 3.76. The van der Waals surface area contributed by atoms with Crippen molar-refractivity contribution < 1.29 is 30.3 Å². The highest BCUT2D eigenvalue weighted by molar-refractivity contribution is 5.85. The second-order valence-electron chi connectivity index (χ2n) is 5.43. The van der Waals surface area contributed by atoms with E-state index in [1.54, 1.807) is 6.07 Å². The number of ketones is 1. The van der Waals surface area contributed by atoms with Crippen molar-refractivity contribution in [2.24, 2.45) is 0 Å². The molecular formula is C16H24O6. The van der Waals surface area contributed by atoms with Crippen molar-refractivity contribution in [1.29, 1.82) is 0 Å². The maximum absolute atomic E-state index is 12.0. The summed E-state index contributed by atoms with van der Waals surface area (Å²) in [5.74, 6) is -0.664. The van der Waals surface area contributed by atoms with Crippen molar-refractivity contribution in [3.05, 3.63) is 34.9 Å². The number of Topliss-reactive ketones (excluding diaryl/α,β-unsaturated/α-hetero) is 1. The lowest BCUT2D eigenvalue weighted by atomic mass is 9.95. The van der Waals surface area contributed by atoms with E-state index in [-0.39, 0.29) is 6.42 Å². The van der Waals surface area contributed by atoms with Gasteiger partial charge in [0.2, 0.25) is 0 Å². The summed E-state index contributed by atoms with van der Waals surface area (Å²) in [6.07, 6.45) is -6.38. The monoisotopic (exact) mass is 312 g/mol. The molecule has 124 valence electrons. The largest absolute Gasteiger partial charge is 0.394 e. The molecule has 0 spiro atoms. The molecule has 0 radical (unpaired) electrons. The van der Waals surface area contributed by atoms with Crippen LogP contribution >= 0.6 is 0 Å². The van der Waals surface area contributed by atoms with Crippen LogP contribution in [0.2, 0.25) is 0 Å². The summed E-state index contributed by atoms with van der Waals surface area (Å²) in [6.45, 7) is 3.19. The lowest BCUT2D eigenvalue weighted by molar-refractivity contribution is -0.146. The molecule has 6 nitrogen and oxygen atoms in total. The lowest BCUT2D eigenvalue weighted by Gasteiger charge is -2.24. The minimum atomic E-state index is -1.86. The molecule has 22 heavy (non-hydrogen) atoms. The molecule has 0 bridgehead atoms. The first-order valence-electron chi connectivity index (χ1n) is 7.26. The molecule has 6 heteroatoms. The van der Waals surface area contributed by atoms with Crippen LogP contribution in [0, 0.1) is 6.92 Å². The van der Waals surface area contributed by atoms with E-state index in [2.05, 4.69) is 0 Å². The molecule has 0 fully saturated rings. The van der Waals surface area contributed by atoms with Gasteiger partial charge in [0.25, 0.3) is 0 Å². The Bertz CT molecular complexity index is 501. The van der Waals surface area contributed by atoms with E-state index >= 15 is 0 Å². The first-order chi connectivity index (χ1) is 10.3. The molecule has 0 heterocycles. The van der Waals surface area contributed by atoms with E-state index in [4.69, 9.17) is 5.11 Å². The third-order valence-electron chi connectivity index (χ3n) is 3.76. The van der Waals surface area contributed by atoms with Gasteiger partial charge < -0.3 is 25.5 Å². The number of aryl methyl sites for hydroxylation is 2. The van der Waals surface area contributed by atoms with E-state index in [1.165, 1.54) is 0 Å². The SMILES string of the molecule is CCc1cc(CC(=O)[C@H](O)[C@@H](O)[C@H](O)[C@H](O)CO)ccc1C. The Hall–Kier alpha value is -1.31. The van der Waals surface area contributed by atoms with Crippen molar-refractivity contribution >= 4 is 5.78 Å². The summed E-state index contributed by atoms with van der Waals surface area (Å²) < 4.78 is 0. The van der Waals surface area contributed by atoms with Crippen LogP contribution in [-0.2, 0) is 17.6 Å². The zero-order chi connectivity index (χ0) is 16.9. The van der Waals surface area contributed by atoms with E-state index in [9.17, 15) is 25.2 Å². The summed E-state index contributed by atoms with van der Waals surface area (Å²) in [5, 5.41) is 46.9. The quantitative estimate of drug-likeness (QED) is 0.425. The van der Waals surface area contributed by atoms with Crippen molar-refractivity contribution in [1.82, 2.24) is 0 Å². The van der Waals surface area contributed by atoms with E-state index in [0.717, 1.165) is 17.5 Å². The van der Waals surface area contributed by atoms with Crippen LogP contribution in [0.3, 0.4) is 0 Å². The third kappa shape index (κ3) is 4.59. The summed E-state index contributed by atoms with van der Waals surface area (Å²) in [6, 6.07) is 5.52. The zero-order valence-electron chi connectivity index (χ0n) is 12.8. The highest BCUT2D eigenvalue weighted by Gasteiger charge is 2.33. The van der Waals surface area contributed by atoms with Crippen molar-refractivity contribution in [2.45, 2.75) is 51.1 Å². The van der Waals surface area contributed by atoms with E-state index < -0.39 is 36.8 Å². The Morgan fingerprint density at radius 2 is 1.77 bits per heavy atom. The topological polar surface area (TPSA) is 118 Å². The van der Waals surface area contributed by atoms with Gasteiger partial charge in [-0.3, -0.25) is 4.79 Å². The Balaban J connectivity index is 2.75. The summed E-state index contributed by atoms with van der Waals surface area (Å²) >= 11 is 0. The predicted octanol–water partition coefficient (Wildman–Crippen LogP) is -0.895. The van der Waals surface area contributed by atoms with Crippen molar-refractivity contribution in [2.75, 3.05) is 6.61 Å². The number of carbonyl (C=O) groups is 1. The average molecular weight is 312 g/mol. The van der Waals surface area contributed by atoms with E-state index in [1.807, 2.05) is 26.0 Å². The number of rotatable bonds is 8. The molecule has 1 aromatic rings. The maximum atomic E-state index is 12.0. The number of aliphatic hydroxyl groups excluding tert-OH is 5. The van der Waals surface area contributed by atoms with Crippen LogP contribution in [0.15, 0.2) is 18.2 Å². The average Bonchev–Trinajstić information content (AvgIpc) is 2.53. The molecule has 0 saturated carbocycles. The van der Waals surface area contributed by atoms with Crippen molar-refractivity contribution in [3.8, 4) is 0 Å². The molecule has 4 atom stereocenters. The number of aliphatic hydroxyl groups is 5. The smallest absolute Gasteiger partial charge is 0.168 e. The predicted molar refractivity (Wildman–Crippen MR) is 80.4 cm³/mol. The molecule has 1 aromatic carbocycles.